The summed E-state index contributed by atoms with van der Waals surface area (Å²) < 4.78 is 11.0. The summed E-state index contributed by atoms with van der Waals surface area (Å²) in [4.78, 5) is 36.5. The van der Waals surface area contributed by atoms with Crippen LogP contribution in [0.1, 0.15) is 38.8 Å². The zero-order chi connectivity index (χ0) is 26.2. The number of hydrogen-bond donors (Lipinski definition) is 1. The molecule has 3 rings (SSSR count). The molecule has 0 aliphatic rings. The first-order chi connectivity index (χ1) is 17.2. The lowest BCUT2D eigenvalue weighted by Gasteiger charge is -2.10. The minimum atomic E-state index is -0.672. The molecule has 0 saturated carbocycles. The first-order valence-corrected chi connectivity index (χ1v) is 11.7. The molecule has 1 aromatic heterocycles. The first-order valence-electron chi connectivity index (χ1n) is 10.9. The molecule has 0 bridgehead atoms. The van der Waals surface area contributed by atoms with Gasteiger partial charge in [0.1, 0.15) is 29.0 Å². The van der Waals surface area contributed by atoms with Crippen molar-refractivity contribution in [2.75, 3.05) is 11.9 Å². The summed E-state index contributed by atoms with van der Waals surface area (Å²) in [6, 6.07) is 14.7. The van der Waals surface area contributed by atoms with Gasteiger partial charge in [-0.25, -0.2) is 4.79 Å². The fourth-order valence-corrected chi connectivity index (χ4v) is 4.29. The van der Waals surface area contributed by atoms with Gasteiger partial charge in [0.05, 0.1) is 17.1 Å². The van der Waals surface area contributed by atoms with E-state index < -0.39 is 16.8 Å². The minimum absolute atomic E-state index is 0.0194. The molecular formula is C26H23N3O6S. The van der Waals surface area contributed by atoms with Crippen LogP contribution in [0.3, 0.4) is 0 Å². The standard InChI is InChI=1S/C26H23N3O6S/c1-4-34-26(31)23-16(2)17(3)36-25(23)28-24(30)20(14-27)13-19-7-5-6-8-22(19)35-15-18-9-11-21(12-10-18)29(32)33/h5-13H,4,15H2,1-3H3,(H,28,30)/b20-13+. The molecular weight excluding hydrogens is 482 g/mol. The maximum atomic E-state index is 12.9. The molecule has 0 atom stereocenters. The van der Waals surface area contributed by atoms with Crippen LogP contribution in [0, 0.1) is 35.3 Å². The molecule has 184 valence electrons. The van der Waals surface area contributed by atoms with Gasteiger partial charge in [-0.3, -0.25) is 14.9 Å². The van der Waals surface area contributed by atoms with Crippen LogP contribution in [-0.2, 0) is 16.1 Å². The third kappa shape index (κ3) is 6.14. The lowest BCUT2D eigenvalue weighted by atomic mass is 10.1. The van der Waals surface area contributed by atoms with Crippen LogP contribution >= 0.6 is 11.3 Å². The number of aryl methyl sites for hydroxylation is 1. The Morgan fingerprint density at radius 3 is 2.50 bits per heavy atom. The number of nitrogens with zero attached hydrogens (tertiary/aromatic N) is 2. The monoisotopic (exact) mass is 505 g/mol. The molecule has 1 amide bonds. The number of rotatable bonds is 9. The normalized spacial score (nSPS) is 10.9. The lowest BCUT2D eigenvalue weighted by Crippen LogP contribution is -2.16. The third-order valence-electron chi connectivity index (χ3n) is 5.22. The highest BCUT2D eigenvalue weighted by molar-refractivity contribution is 7.16. The van der Waals surface area contributed by atoms with Crippen LogP contribution in [-0.4, -0.2) is 23.4 Å². The van der Waals surface area contributed by atoms with Crippen LogP contribution < -0.4 is 10.1 Å². The highest BCUT2D eigenvalue weighted by atomic mass is 32.1. The Labute approximate surface area is 211 Å². The second-order valence-electron chi connectivity index (χ2n) is 7.58. The maximum absolute atomic E-state index is 12.9. The van der Waals surface area contributed by atoms with Crippen molar-refractivity contribution in [2.24, 2.45) is 0 Å². The molecule has 1 heterocycles. The molecule has 2 aromatic carbocycles. The van der Waals surface area contributed by atoms with E-state index in [2.05, 4.69) is 5.32 Å². The molecule has 0 aliphatic heterocycles. The van der Waals surface area contributed by atoms with Crippen molar-refractivity contribution in [1.82, 2.24) is 0 Å². The van der Waals surface area contributed by atoms with E-state index in [-0.39, 0.29) is 30.0 Å². The molecule has 0 fully saturated rings. The summed E-state index contributed by atoms with van der Waals surface area (Å²) in [5.74, 6) is -0.789. The zero-order valence-electron chi connectivity index (χ0n) is 19.9. The van der Waals surface area contributed by atoms with Gasteiger partial charge in [-0.15, -0.1) is 11.3 Å². The van der Waals surface area contributed by atoms with Gasteiger partial charge in [0.15, 0.2) is 0 Å². The predicted octanol–water partition coefficient (Wildman–Crippen LogP) is 5.57. The van der Waals surface area contributed by atoms with Crippen molar-refractivity contribution in [1.29, 1.82) is 5.26 Å². The maximum Gasteiger partial charge on any atom is 0.341 e. The van der Waals surface area contributed by atoms with Crippen LogP contribution in [0.4, 0.5) is 10.7 Å². The first kappa shape index (κ1) is 26.1. The van der Waals surface area contributed by atoms with Gasteiger partial charge in [-0.05, 0) is 56.2 Å². The van der Waals surface area contributed by atoms with Crippen LogP contribution in [0.5, 0.6) is 5.75 Å². The largest absolute Gasteiger partial charge is 0.488 e. The number of anilines is 1. The van der Waals surface area contributed by atoms with Crippen molar-refractivity contribution in [2.45, 2.75) is 27.4 Å². The highest BCUT2D eigenvalue weighted by Crippen LogP contribution is 2.33. The Kier molecular flexibility index (Phi) is 8.54. The van der Waals surface area contributed by atoms with Gasteiger partial charge in [0.25, 0.3) is 11.6 Å². The summed E-state index contributed by atoms with van der Waals surface area (Å²) >= 11 is 1.23. The number of thiophene rings is 1. The Morgan fingerprint density at radius 1 is 1.17 bits per heavy atom. The van der Waals surface area contributed by atoms with E-state index in [0.717, 1.165) is 4.88 Å². The van der Waals surface area contributed by atoms with Crippen LogP contribution in [0.2, 0.25) is 0 Å². The number of carbonyl (C=O) groups is 2. The number of ether oxygens (including phenoxy) is 2. The Balaban J connectivity index is 1.81. The molecule has 10 heteroatoms. The summed E-state index contributed by atoms with van der Waals surface area (Å²) in [6.07, 6.45) is 1.40. The van der Waals surface area contributed by atoms with Crippen molar-refractivity contribution < 1.29 is 24.0 Å². The molecule has 0 radical (unpaired) electrons. The number of nitro groups is 1. The Bertz CT molecular complexity index is 1370. The van der Waals surface area contributed by atoms with E-state index in [1.165, 1.54) is 29.5 Å². The van der Waals surface area contributed by atoms with Gasteiger partial charge < -0.3 is 14.8 Å². The van der Waals surface area contributed by atoms with Gasteiger partial charge in [-0.2, -0.15) is 5.26 Å². The molecule has 0 aliphatic carbocycles. The van der Waals surface area contributed by atoms with Gasteiger partial charge in [0.2, 0.25) is 0 Å². The number of hydrogen-bond acceptors (Lipinski definition) is 8. The fourth-order valence-electron chi connectivity index (χ4n) is 3.24. The molecule has 36 heavy (non-hydrogen) atoms. The topological polar surface area (TPSA) is 132 Å². The number of nitriles is 1. The summed E-state index contributed by atoms with van der Waals surface area (Å²) in [5, 5.41) is 23.5. The fraction of sp³-hybridized carbons (Fsp3) is 0.192. The average Bonchev–Trinajstić information content (AvgIpc) is 3.14. The average molecular weight is 506 g/mol. The molecule has 1 N–H and O–H groups in total. The van der Waals surface area contributed by atoms with Crippen LogP contribution in [0.25, 0.3) is 6.08 Å². The van der Waals surface area contributed by atoms with E-state index in [1.807, 2.05) is 13.0 Å². The number of carbonyl (C=O) groups excluding carboxylic acids is 2. The van der Waals surface area contributed by atoms with E-state index in [1.54, 1.807) is 50.2 Å². The summed E-state index contributed by atoms with van der Waals surface area (Å²) in [7, 11) is 0. The molecule has 0 saturated heterocycles. The van der Waals surface area contributed by atoms with Gasteiger partial charge in [0, 0.05) is 22.6 Å². The molecule has 3 aromatic rings. The third-order valence-corrected chi connectivity index (χ3v) is 6.34. The smallest absolute Gasteiger partial charge is 0.341 e. The van der Waals surface area contributed by atoms with Gasteiger partial charge in [-0.1, -0.05) is 18.2 Å². The summed E-state index contributed by atoms with van der Waals surface area (Å²) in [5.41, 5.74) is 2.00. The van der Waals surface area contributed by atoms with E-state index in [9.17, 15) is 25.0 Å². The number of non-ortho nitro benzene ring substituents is 1. The highest BCUT2D eigenvalue weighted by Gasteiger charge is 2.23. The predicted molar refractivity (Wildman–Crippen MR) is 136 cm³/mol. The number of nitro benzene ring substituents is 1. The van der Waals surface area contributed by atoms with E-state index in [4.69, 9.17) is 9.47 Å². The molecule has 0 unspecified atom stereocenters. The quantitative estimate of drug-likeness (QED) is 0.132. The zero-order valence-corrected chi connectivity index (χ0v) is 20.7. The number of esters is 1. The molecule has 0 spiro atoms. The van der Waals surface area contributed by atoms with Crippen molar-refractivity contribution in [3.63, 3.8) is 0 Å². The minimum Gasteiger partial charge on any atom is -0.488 e. The van der Waals surface area contributed by atoms with E-state index >= 15 is 0 Å². The lowest BCUT2D eigenvalue weighted by molar-refractivity contribution is -0.384. The van der Waals surface area contributed by atoms with E-state index in [0.29, 0.717) is 27.4 Å². The number of para-hydroxylation sites is 1. The van der Waals surface area contributed by atoms with Crippen molar-refractivity contribution in [3.8, 4) is 11.8 Å². The SMILES string of the molecule is CCOC(=O)c1c(NC(=O)/C(C#N)=C/c2ccccc2OCc2ccc([N+](=O)[O-])cc2)sc(C)c1C. The van der Waals surface area contributed by atoms with Crippen molar-refractivity contribution in [3.05, 3.63) is 91.3 Å². The molecule has 9 nitrogen and oxygen atoms in total. The number of benzene rings is 2. The number of amides is 1. The number of nitrogens with one attached hydrogen (secondary N) is 1. The van der Waals surface area contributed by atoms with Crippen molar-refractivity contribution >= 4 is 40.0 Å². The second-order valence-corrected chi connectivity index (χ2v) is 8.81. The summed E-state index contributed by atoms with van der Waals surface area (Å²) in [6.45, 7) is 5.63. The Hall–Kier alpha value is -4.49. The second kappa shape index (κ2) is 11.8. The van der Waals surface area contributed by atoms with Gasteiger partial charge >= 0.3 is 5.97 Å². The van der Waals surface area contributed by atoms with Crippen LogP contribution in [0.15, 0.2) is 54.1 Å². The Morgan fingerprint density at radius 2 is 1.86 bits per heavy atom.